The molecule has 2 atom stereocenters. The zero-order chi connectivity index (χ0) is 21.7. The first kappa shape index (κ1) is 22.4. The summed E-state index contributed by atoms with van der Waals surface area (Å²) in [6.45, 7) is 12.4. The predicted octanol–water partition coefficient (Wildman–Crippen LogP) is 2.11. The van der Waals surface area contributed by atoms with Crippen LogP contribution in [0.3, 0.4) is 0 Å². The van der Waals surface area contributed by atoms with Crippen molar-refractivity contribution in [2.45, 2.75) is 46.2 Å². The van der Waals surface area contributed by atoms with Gasteiger partial charge in [0.05, 0.1) is 24.9 Å². The van der Waals surface area contributed by atoms with Gasteiger partial charge in [0.2, 0.25) is 0 Å². The minimum atomic E-state index is 0.138. The van der Waals surface area contributed by atoms with Crippen LogP contribution in [0.1, 0.15) is 41.4 Å². The van der Waals surface area contributed by atoms with Gasteiger partial charge < -0.3 is 19.8 Å². The molecule has 30 heavy (non-hydrogen) atoms. The van der Waals surface area contributed by atoms with E-state index in [1.54, 1.807) is 0 Å². The monoisotopic (exact) mass is 416 g/mol. The lowest BCUT2D eigenvalue weighted by molar-refractivity contribution is 0.0124. The highest BCUT2D eigenvalue weighted by Crippen LogP contribution is 2.23. The van der Waals surface area contributed by atoms with Crippen LogP contribution in [0.25, 0.3) is 0 Å². The lowest BCUT2D eigenvalue weighted by Gasteiger charge is -2.33. The SMILES string of the molecule is CN=C(NCC(c1ccc(C)o1)N1CCOCC1)NC(C)Cc1c(C)nn(C)c1C. The number of hydrogen-bond donors (Lipinski definition) is 2. The molecule has 0 saturated carbocycles. The molecule has 1 aliphatic rings. The lowest BCUT2D eigenvalue weighted by atomic mass is 10.1. The molecule has 1 fully saturated rings. The van der Waals surface area contributed by atoms with Crippen molar-refractivity contribution in [1.29, 1.82) is 0 Å². The third-order valence-electron chi connectivity index (χ3n) is 5.81. The minimum Gasteiger partial charge on any atom is -0.465 e. The molecule has 2 aromatic rings. The molecule has 0 aliphatic carbocycles. The van der Waals surface area contributed by atoms with Crippen LogP contribution in [0.5, 0.6) is 0 Å². The van der Waals surface area contributed by atoms with Gasteiger partial charge in [-0.1, -0.05) is 0 Å². The van der Waals surface area contributed by atoms with E-state index in [9.17, 15) is 0 Å². The first-order chi connectivity index (χ1) is 14.4. The Labute approximate surface area is 179 Å². The standard InChI is InChI=1S/C22H36N6O2/c1-15(13-19-17(3)26-27(6)18(19)4)25-22(23-5)24-14-20(21-8-7-16(2)30-21)28-9-11-29-12-10-28/h7-8,15,20H,9-14H2,1-6H3,(H2,23,24,25). The van der Waals surface area contributed by atoms with Gasteiger partial charge in [0.15, 0.2) is 5.96 Å². The van der Waals surface area contributed by atoms with E-state index >= 15 is 0 Å². The molecule has 0 radical (unpaired) electrons. The summed E-state index contributed by atoms with van der Waals surface area (Å²) in [6, 6.07) is 4.46. The van der Waals surface area contributed by atoms with Gasteiger partial charge in [0.25, 0.3) is 0 Å². The maximum absolute atomic E-state index is 5.96. The molecule has 3 rings (SSSR count). The number of morpholine rings is 1. The molecule has 8 nitrogen and oxygen atoms in total. The molecule has 3 heterocycles. The smallest absolute Gasteiger partial charge is 0.191 e. The lowest BCUT2D eigenvalue weighted by Crippen LogP contribution is -2.48. The summed E-state index contributed by atoms with van der Waals surface area (Å²) in [4.78, 5) is 6.85. The highest BCUT2D eigenvalue weighted by Gasteiger charge is 2.25. The highest BCUT2D eigenvalue weighted by molar-refractivity contribution is 5.80. The van der Waals surface area contributed by atoms with E-state index < -0.39 is 0 Å². The molecule has 2 unspecified atom stereocenters. The van der Waals surface area contributed by atoms with Gasteiger partial charge in [0, 0.05) is 45.5 Å². The molecule has 0 aromatic carbocycles. The Morgan fingerprint density at radius 2 is 1.97 bits per heavy atom. The van der Waals surface area contributed by atoms with Gasteiger partial charge in [-0.2, -0.15) is 5.10 Å². The summed E-state index contributed by atoms with van der Waals surface area (Å²) in [5, 5.41) is 11.5. The number of hydrogen-bond acceptors (Lipinski definition) is 5. The van der Waals surface area contributed by atoms with E-state index in [1.165, 1.54) is 11.3 Å². The zero-order valence-corrected chi connectivity index (χ0v) is 19.2. The van der Waals surface area contributed by atoms with Crippen molar-refractivity contribution in [3.05, 3.63) is 40.6 Å². The van der Waals surface area contributed by atoms with E-state index in [-0.39, 0.29) is 12.1 Å². The van der Waals surface area contributed by atoms with Gasteiger partial charge in [-0.25, -0.2) is 0 Å². The Morgan fingerprint density at radius 1 is 1.23 bits per heavy atom. The van der Waals surface area contributed by atoms with E-state index in [0.29, 0.717) is 6.54 Å². The second kappa shape index (κ2) is 10.1. The van der Waals surface area contributed by atoms with Gasteiger partial charge in [-0.3, -0.25) is 14.6 Å². The van der Waals surface area contributed by atoms with E-state index in [1.807, 2.05) is 31.8 Å². The third kappa shape index (κ3) is 5.43. The number of rotatable bonds is 7. The fourth-order valence-electron chi connectivity index (χ4n) is 4.02. The summed E-state index contributed by atoms with van der Waals surface area (Å²) < 4.78 is 13.4. The maximum Gasteiger partial charge on any atom is 0.191 e. The van der Waals surface area contributed by atoms with Gasteiger partial charge in [-0.05, 0) is 51.8 Å². The number of nitrogens with one attached hydrogen (secondary N) is 2. The third-order valence-corrected chi connectivity index (χ3v) is 5.81. The molecule has 0 amide bonds. The van der Waals surface area contributed by atoms with Gasteiger partial charge in [-0.15, -0.1) is 0 Å². The van der Waals surface area contributed by atoms with Crippen LogP contribution >= 0.6 is 0 Å². The Bertz CT molecular complexity index is 850. The summed E-state index contributed by atoms with van der Waals surface area (Å²) in [7, 11) is 3.80. The normalized spacial score (nSPS) is 17.7. The molecule has 0 spiro atoms. The number of aryl methyl sites for hydroxylation is 3. The zero-order valence-electron chi connectivity index (χ0n) is 19.2. The molecule has 1 saturated heterocycles. The Morgan fingerprint density at radius 3 is 2.53 bits per heavy atom. The largest absolute Gasteiger partial charge is 0.465 e. The van der Waals surface area contributed by atoms with Crippen molar-refractivity contribution in [3.63, 3.8) is 0 Å². The van der Waals surface area contributed by atoms with Crippen LogP contribution in [0.15, 0.2) is 21.5 Å². The highest BCUT2D eigenvalue weighted by atomic mass is 16.5. The molecule has 1 aliphatic heterocycles. The van der Waals surface area contributed by atoms with E-state index in [4.69, 9.17) is 9.15 Å². The molecular weight excluding hydrogens is 380 g/mol. The summed E-state index contributed by atoms with van der Waals surface area (Å²) in [6.07, 6.45) is 0.899. The Kier molecular flexibility index (Phi) is 7.55. The Hall–Kier alpha value is -2.32. The second-order valence-corrected chi connectivity index (χ2v) is 8.09. The number of furan rings is 1. The topological polar surface area (TPSA) is 79.8 Å². The fraction of sp³-hybridized carbons (Fsp3) is 0.636. The summed E-state index contributed by atoms with van der Waals surface area (Å²) >= 11 is 0. The predicted molar refractivity (Wildman–Crippen MR) is 119 cm³/mol. The average Bonchev–Trinajstić information content (AvgIpc) is 3.26. The van der Waals surface area contributed by atoms with Crippen molar-refractivity contribution in [2.75, 3.05) is 39.9 Å². The summed E-state index contributed by atoms with van der Waals surface area (Å²) in [5.41, 5.74) is 3.60. The average molecular weight is 417 g/mol. The fourth-order valence-corrected chi connectivity index (χ4v) is 4.02. The van der Waals surface area contributed by atoms with Crippen LogP contribution in [0, 0.1) is 20.8 Å². The number of aliphatic imine (C=N–C) groups is 1. The number of ether oxygens (including phenoxy) is 1. The maximum atomic E-state index is 5.96. The second-order valence-electron chi connectivity index (χ2n) is 8.09. The van der Waals surface area contributed by atoms with Crippen LogP contribution in [0.2, 0.25) is 0 Å². The quantitative estimate of drug-likeness (QED) is 0.532. The molecule has 2 aromatic heterocycles. The molecule has 166 valence electrons. The number of aromatic nitrogens is 2. The van der Waals surface area contributed by atoms with Crippen molar-refractivity contribution in [2.24, 2.45) is 12.0 Å². The van der Waals surface area contributed by atoms with Gasteiger partial charge >= 0.3 is 0 Å². The first-order valence-corrected chi connectivity index (χ1v) is 10.7. The van der Waals surface area contributed by atoms with Crippen molar-refractivity contribution in [1.82, 2.24) is 25.3 Å². The van der Waals surface area contributed by atoms with Crippen LogP contribution in [-0.4, -0.2) is 66.6 Å². The van der Waals surface area contributed by atoms with Crippen LogP contribution in [-0.2, 0) is 18.2 Å². The first-order valence-electron chi connectivity index (χ1n) is 10.7. The van der Waals surface area contributed by atoms with Crippen LogP contribution in [0.4, 0.5) is 0 Å². The summed E-state index contributed by atoms with van der Waals surface area (Å²) in [5.74, 6) is 2.71. The molecule has 0 bridgehead atoms. The molecule has 2 N–H and O–H groups in total. The molecular formula is C22H36N6O2. The number of guanidine groups is 1. The minimum absolute atomic E-state index is 0.138. The van der Waals surface area contributed by atoms with E-state index in [0.717, 1.165) is 55.9 Å². The molecule has 8 heteroatoms. The van der Waals surface area contributed by atoms with Crippen molar-refractivity contribution < 1.29 is 9.15 Å². The van der Waals surface area contributed by atoms with Crippen molar-refractivity contribution in [3.8, 4) is 0 Å². The van der Waals surface area contributed by atoms with Crippen molar-refractivity contribution >= 4 is 5.96 Å². The number of nitrogens with zero attached hydrogens (tertiary/aromatic N) is 4. The van der Waals surface area contributed by atoms with Gasteiger partial charge in [0.1, 0.15) is 11.5 Å². The van der Waals surface area contributed by atoms with E-state index in [2.05, 4.69) is 52.5 Å². The Balaban J connectivity index is 1.61. The van der Waals surface area contributed by atoms with Crippen LogP contribution < -0.4 is 10.6 Å².